The Morgan fingerprint density at radius 2 is 1.95 bits per heavy atom. The van der Waals surface area contributed by atoms with Gasteiger partial charge in [-0.05, 0) is 42.0 Å². The first-order chi connectivity index (χ1) is 9.81. The summed E-state index contributed by atoms with van der Waals surface area (Å²) in [5.74, 6) is -0.402. The summed E-state index contributed by atoms with van der Waals surface area (Å²) in [5.41, 5.74) is 2.74. The molecular weight excluding hydrogens is 286 g/mol. The molecule has 2 rings (SSSR count). The molecule has 1 aromatic heterocycles. The quantitative estimate of drug-likeness (QED) is 0.873. The van der Waals surface area contributed by atoms with Crippen LogP contribution in [-0.2, 0) is 6.42 Å². The number of carboxylic acids is 1. The van der Waals surface area contributed by atoms with Crippen molar-refractivity contribution in [2.24, 2.45) is 5.92 Å². The van der Waals surface area contributed by atoms with E-state index in [9.17, 15) is 9.90 Å². The zero-order valence-corrected chi connectivity index (χ0v) is 13.5. The molecule has 21 heavy (non-hydrogen) atoms. The molecule has 0 aliphatic rings. The van der Waals surface area contributed by atoms with Crippen molar-refractivity contribution in [1.29, 1.82) is 0 Å². The Kier molecular flexibility index (Phi) is 4.52. The fourth-order valence-electron chi connectivity index (χ4n) is 2.70. The predicted octanol–water partition coefficient (Wildman–Crippen LogP) is 4.91. The van der Waals surface area contributed by atoms with E-state index in [-0.39, 0.29) is 5.92 Å². The van der Waals surface area contributed by atoms with Crippen LogP contribution in [0.15, 0.2) is 18.2 Å². The summed E-state index contributed by atoms with van der Waals surface area (Å²) in [5, 5.41) is 10.8. The molecule has 0 radical (unpaired) electrons. The van der Waals surface area contributed by atoms with Crippen molar-refractivity contribution < 1.29 is 9.90 Å². The van der Waals surface area contributed by atoms with Gasteiger partial charge in [-0.3, -0.25) is 4.98 Å². The molecule has 3 nitrogen and oxygen atoms in total. The minimum absolute atomic E-state index is 0.0979. The van der Waals surface area contributed by atoms with Gasteiger partial charge in [-0.15, -0.1) is 0 Å². The van der Waals surface area contributed by atoms with Crippen LogP contribution < -0.4 is 0 Å². The number of aromatic nitrogens is 1. The Labute approximate surface area is 130 Å². The zero-order valence-electron chi connectivity index (χ0n) is 12.8. The lowest BCUT2D eigenvalue weighted by atomic mass is 9.89. The molecule has 0 saturated carbocycles. The van der Waals surface area contributed by atoms with Crippen LogP contribution in [-0.4, -0.2) is 16.1 Å². The molecule has 0 atom stereocenters. The van der Waals surface area contributed by atoms with Crippen LogP contribution in [0.3, 0.4) is 0 Å². The molecule has 2 aromatic rings. The highest BCUT2D eigenvalue weighted by Gasteiger charge is 2.22. The molecule has 0 fully saturated rings. The first-order valence-corrected chi connectivity index (χ1v) is 7.54. The molecule has 1 heterocycles. The summed E-state index contributed by atoms with van der Waals surface area (Å²) in [7, 11) is 0. The van der Waals surface area contributed by atoms with E-state index in [0.29, 0.717) is 27.4 Å². The van der Waals surface area contributed by atoms with Crippen molar-refractivity contribution >= 4 is 28.5 Å². The van der Waals surface area contributed by atoms with Gasteiger partial charge in [-0.2, -0.15) is 0 Å². The largest absolute Gasteiger partial charge is 0.478 e. The van der Waals surface area contributed by atoms with Crippen molar-refractivity contribution in [2.75, 3.05) is 0 Å². The number of hydrogen-bond donors (Lipinski definition) is 1. The fraction of sp³-hybridized carbons (Fsp3) is 0.412. The van der Waals surface area contributed by atoms with Gasteiger partial charge in [0.15, 0.2) is 0 Å². The number of pyridine rings is 1. The standard InChI is InChI=1S/C17H20ClNO2/c1-9(2)7-14-15(10(3)4)16(17(20)21)12-8-11(18)5-6-13(12)19-14/h5-6,8-10H,7H2,1-4H3,(H,20,21). The van der Waals surface area contributed by atoms with Gasteiger partial charge >= 0.3 is 5.97 Å². The summed E-state index contributed by atoms with van der Waals surface area (Å²) in [6, 6.07) is 5.23. The molecule has 0 aliphatic carbocycles. The van der Waals surface area contributed by atoms with E-state index in [1.165, 1.54) is 0 Å². The maximum absolute atomic E-state index is 11.8. The van der Waals surface area contributed by atoms with Gasteiger partial charge < -0.3 is 5.11 Å². The molecule has 0 amide bonds. The monoisotopic (exact) mass is 305 g/mol. The third-order valence-electron chi connectivity index (χ3n) is 3.46. The van der Waals surface area contributed by atoms with Crippen LogP contribution in [0.4, 0.5) is 0 Å². The molecule has 112 valence electrons. The van der Waals surface area contributed by atoms with Gasteiger partial charge in [0.1, 0.15) is 0 Å². The van der Waals surface area contributed by atoms with Crippen molar-refractivity contribution in [3.63, 3.8) is 0 Å². The molecule has 0 spiro atoms. The van der Waals surface area contributed by atoms with Crippen molar-refractivity contribution in [1.82, 2.24) is 4.98 Å². The Hall–Kier alpha value is -1.61. The van der Waals surface area contributed by atoms with Crippen LogP contribution in [0.1, 0.15) is 55.2 Å². The lowest BCUT2D eigenvalue weighted by molar-refractivity contribution is 0.0697. The van der Waals surface area contributed by atoms with E-state index in [1.807, 2.05) is 13.8 Å². The van der Waals surface area contributed by atoms with Crippen LogP contribution in [0.5, 0.6) is 0 Å². The third-order valence-corrected chi connectivity index (χ3v) is 3.69. The number of hydrogen-bond acceptors (Lipinski definition) is 2. The zero-order chi connectivity index (χ0) is 15.7. The number of carbonyl (C=O) groups is 1. The highest BCUT2D eigenvalue weighted by Crippen LogP contribution is 2.32. The number of nitrogens with zero attached hydrogens (tertiary/aromatic N) is 1. The highest BCUT2D eigenvalue weighted by atomic mass is 35.5. The molecule has 0 bridgehead atoms. The second kappa shape index (κ2) is 6.02. The first kappa shape index (κ1) is 15.8. The molecule has 4 heteroatoms. The van der Waals surface area contributed by atoms with Gasteiger partial charge in [0.05, 0.1) is 11.1 Å². The summed E-state index contributed by atoms with van der Waals surface area (Å²) in [4.78, 5) is 16.5. The predicted molar refractivity (Wildman–Crippen MR) is 86.3 cm³/mol. The summed E-state index contributed by atoms with van der Waals surface area (Å²) in [6.07, 6.45) is 0.770. The summed E-state index contributed by atoms with van der Waals surface area (Å²) < 4.78 is 0. The molecule has 0 saturated heterocycles. The molecular formula is C17H20ClNO2. The maximum atomic E-state index is 11.8. The second-order valence-corrected chi connectivity index (χ2v) is 6.50. The number of halogens is 1. The van der Waals surface area contributed by atoms with Crippen LogP contribution in [0.25, 0.3) is 10.9 Å². The number of carboxylic acid groups (broad SMARTS) is 1. The number of fused-ring (bicyclic) bond motifs is 1. The lowest BCUT2D eigenvalue weighted by Crippen LogP contribution is -2.12. The van der Waals surface area contributed by atoms with E-state index in [0.717, 1.165) is 17.7 Å². The van der Waals surface area contributed by atoms with Crippen LogP contribution in [0.2, 0.25) is 5.02 Å². The van der Waals surface area contributed by atoms with Crippen molar-refractivity contribution in [3.05, 3.63) is 40.0 Å². The topological polar surface area (TPSA) is 50.2 Å². The van der Waals surface area contributed by atoms with E-state index < -0.39 is 5.97 Å². The average Bonchev–Trinajstić information content (AvgIpc) is 2.36. The van der Waals surface area contributed by atoms with Gasteiger partial charge in [-0.25, -0.2) is 4.79 Å². The normalized spacial score (nSPS) is 11.6. The maximum Gasteiger partial charge on any atom is 0.336 e. The molecule has 0 aliphatic heterocycles. The van der Waals surface area contributed by atoms with E-state index >= 15 is 0 Å². The fourth-order valence-corrected chi connectivity index (χ4v) is 2.87. The Morgan fingerprint density at radius 3 is 2.48 bits per heavy atom. The summed E-state index contributed by atoms with van der Waals surface area (Å²) in [6.45, 7) is 8.23. The number of aromatic carboxylic acids is 1. The van der Waals surface area contributed by atoms with Gasteiger partial charge in [0.25, 0.3) is 0 Å². The average molecular weight is 306 g/mol. The highest BCUT2D eigenvalue weighted by molar-refractivity contribution is 6.31. The second-order valence-electron chi connectivity index (χ2n) is 6.07. The number of benzene rings is 1. The minimum Gasteiger partial charge on any atom is -0.478 e. The van der Waals surface area contributed by atoms with Gasteiger partial charge in [0.2, 0.25) is 0 Å². The van der Waals surface area contributed by atoms with E-state index in [2.05, 4.69) is 13.8 Å². The minimum atomic E-state index is -0.918. The molecule has 1 N–H and O–H groups in total. The van der Waals surface area contributed by atoms with Crippen molar-refractivity contribution in [2.45, 2.75) is 40.0 Å². The Bertz CT molecular complexity index is 693. The van der Waals surface area contributed by atoms with E-state index in [1.54, 1.807) is 18.2 Å². The SMILES string of the molecule is CC(C)Cc1nc2ccc(Cl)cc2c(C(=O)O)c1C(C)C. The Morgan fingerprint density at radius 1 is 1.29 bits per heavy atom. The van der Waals surface area contributed by atoms with Gasteiger partial charge in [0, 0.05) is 16.1 Å². The summed E-state index contributed by atoms with van der Waals surface area (Å²) >= 11 is 6.03. The first-order valence-electron chi connectivity index (χ1n) is 7.16. The van der Waals surface area contributed by atoms with Crippen molar-refractivity contribution in [3.8, 4) is 0 Å². The van der Waals surface area contributed by atoms with E-state index in [4.69, 9.17) is 16.6 Å². The molecule has 1 aromatic carbocycles. The smallest absolute Gasteiger partial charge is 0.336 e. The van der Waals surface area contributed by atoms with Crippen LogP contribution >= 0.6 is 11.6 Å². The Balaban J connectivity index is 2.88. The third kappa shape index (κ3) is 3.18. The van der Waals surface area contributed by atoms with Gasteiger partial charge in [-0.1, -0.05) is 39.3 Å². The van der Waals surface area contributed by atoms with Crippen LogP contribution in [0, 0.1) is 5.92 Å². The number of rotatable bonds is 4. The lowest BCUT2D eigenvalue weighted by Gasteiger charge is -2.18. The molecule has 0 unspecified atom stereocenters.